The number of aliphatic hydroxyl groups excluding tert-OH is 1. The molecule has 1 heterocycles. The predicted octanol–water partition coefficient (Wildman–Crippen LogP) is 1.33. The third-order valence-electron chi connectivity index (χ3n) is 3.90. The minimum atomic E-state index is -0.214. The average molecular weight is 263 g/mol. The van der Waals surface area contributed by atoms with E-state index in [0.717, 1.165) is 25.2 Å². The molecule has 106 valence electrons. The van der Waals surface area contributed by atoms with Crippen LogP contribution in [0.2, 0.25) is 0 Å². The smallest absolute Gasteiger partial charge is 0.0682 e. The summed E-state index contributed by atoms with van der Waals surface area (Å²) in [5, 5.41) is 9.95. The molecule has 1 aromatic rings. The van der Waals surface area contributed by atoms with E-state index in [-0.39, 0.29) is 12.1 Å². The summed E-state index contributed by atoms with van der Waals surface area (Å²) in [4.78, 5) is 4.57. The lowest BCUT2D eigenvalue weighted by Gasteiger charge is -2.32. The SMILES string of the molecule is CC(c1cccc(N)c1)N1CC(O)CC1CN(C)C. The number of hydrogen-bond donors (Lipinski definition) is 2. The number of nitrogens with zero attached hydrogens (tertiary/aromatic N) is 2. The van der Waals surface area contributed by atoms with Crippen molar-refractivity contribution in [2.24, 2.45) is 0 Å². The van der Waals surface area contributed by atoms with Crippen molar-refractivity contribution in [1.29, 1.82) is 0 Å². The van der Waals surface area contributed by atoms with Crippen molar-refractivity contribution < 1.29 is 5.11 Å². The number of likely N-dealkylation sites (tertiary alicyclic amines) is 1. The molecular weight excluding hydrogens is 238 g/mol. The third kappa shape index (κ3) is 3.47. The van der Waals surface area contributed by atoms with E-state index in [1.54, 1.807) is 0 Å². The first-order valence-electron chi connectivity index (χ1n) is 6.91. The van der Waals surface area contributed by atoms with Crippen molar-refractivity contribution >= 4 is 5.69 Å². The van der Waals surface area contributed by atoms with Gasteiger partial charge in [0.1, 0.15) is 0 Å². The first kappa shape index (κ1) is 14.3. The Hall–Kier alpha value is -1.10. The lowest BCUT2D eigenvalue weighted by molar-refractivity contribution is 0.144. The number of anilines is 1. The molecule has 0 radical (unpaired) electrons. The van der Waals surface area contributed by atoms with Crippen molar-refractivity contribution in [2.75, 3.05) is 32.9 Å². The van der Waals surface area contributed by atoms with Crippen molar-refractivity contribution in [3.05, 3.63) is 29.8 Å². The van der Waals surface area contributed by atoms with E-state index in [4.69, 9.17) is 5.73 Å². The van der Waals surface area contributed by atoms with Crippen LogP contribution in [0, 0.1) is 0 Å². The molecule has 3 unspecified atom stereocenters. The van der Waals surface area contributed by atoms with E-state index < -0.39 is 0 Å². The molecule has 1 aromatic carbocycles. The third-order valence-corrected chi connectivity index (χ3v) is 3.90. The maximum Gasteiger partial charge on any atom is 0.0682 e. The fraction of sp³-hybridized carbons (Fsp3) is 0.600. The van der Waals surface area contributed by atoms with E-state index in [0.29, 0.717) is 6.04 Å². The summed E-state index contributed by atoms with van der Waals surface area (Å²) in [6.45, 7) is 3.91. The maximum atomic E-state index is 9.95. The molecule has 0 saturated carbocycles. The maximum absolute atomic E-state index is 9.95. The van der Waals surface area contributed by atoms with Crippen LogP contribution in [0.4, 0.5) is 5.69 Å². The Morgan fingerprint density at radius 2 is 2.21 bits per heavy atom. The minimum Gasteiger partial charge on any atom is -0.399 e. The molecular formula is C15H25N3O. The monoisotopic (exact) mass is 263 g/mol. The fourth-order valence-corrected chi connectivity index (χ4v) is 3.00. The Balaban J connectivity index is 2.14. The minimum absolute atomic E-state index is 0.214. The molecule has 1 saturated heterocycles. The number of rotatable bonds is 4. The Morgan fingerprint density at radius 1 is 1.47 bits per heavy atom. The highest BCUT2D eigenvalue weighted by Crippen LogP contribution is 2.30. The van der Waals surface area contributed by atoms with Gasteiger partial charge in [0.25, 0.3) is 0 Å². The highest BCUT2D eigenvalue weighted by molar-refractivity contribution is 5.41. The molecule has 0 spiro atoms. The van der Waals surface area contributed by atoms with Crippen LogP contribution in [0.15, 0.2) is 24.3 Å². The highest BCUT2D eigenvalue weighted by atomic mass is 16.3. The van der Waals surface area contributed by atoms with Gasteiger partial charge in [0.05, 0.1) is 6.10 Å². The molecule has 3 atom stereocenters. The Morgan fingerprint density at radius 3 is 2.84 bits per heavy atom. The first-order valence-corrected chi connectivity index (χ1v) is 6.91. The van der Waals surface area contributed by atoms with Crippen LogP contribution in [0.25, 0.3) is 0 Å². The number of likely N-dealkylation sites (N-methyl/N-ethyl adjacent to an activating group) is 1. The lowest BCUT2D eigenvalue weighted by Crippen LogP contribution is -2.39. The largest absolute Gasteiger partial charge is 0.399 e. The zero-order chi connectivity index (χ0) is 14.0. The molecule has 0 bridgehead atoms. The van der Waals surface area contributed by atoms with E-state index in [2.05, 4.69) is 36.9 Å². The standard InChI is InChI=1S/C15H25N3O/c1-11(12-5-4-6-13(16)7-12)18-10-15(19)8-14(18)9-17(2)3/h4-7,11,14-15,19H,8-10,16H2,1-3H3. The molecule has 4 heteroatoms. The van der Waals surface area contributed by atoms with Crippen LogP contribution in [0.3, 0.4) is 0 Å². The van der Waals surface area contributed by atoms with Crippen molar-refractivity contribution in [3.8, 4) is 0 Å². The molecule has 0 amide bonds. The number of β-amino-alcohol motifs (C(OH)–C–C–N with tert-alkyl or cyclic N) is 1. The van der Waals surface area contributed by atoms with Gasteiger partial charge in [0.15, 0.2) is 0 Å². The highest BCUT2D eigenvalue weighted by Gasteiger charge is 2.34. The van der Waals surface area contributed by atoms with Gasteiger partial charge >= 0.3 is 0 Å². The van der Waals surface area contributed by atoms with Gasteiger partial charge in [-0.2, -0.15) is 0 Å². The van der Waals surface area contributed by atoms with Crippen molar-refractivity contribution in [3.63, 3.8) is 0 Å². The van der Waals surface area contributed by atoms with Gasteiger partial charge in [-0.3, -0.25) is 4.90 Å². The molecule has 1 aliphatic heterocycles. The topological polar surface area (TPSA) is 52.7 Å². The number of benzene rings is 1. The van der Waals surface area contributed by atoms with E-state index in [1.807, 2.05) is 18.2 Å². The quantitative estimate of drug-likeness (QED) is 0.805. The van der Waals surface area contributed by atoms with Crippen LogP contribution < -0.4 is 5.73 Å². The van der Waals surface area contributed by atoms with Gasteiger partial charge in [-0.25, -0.2) is 0 Å². The number of nitrogen functional groups attached to an aromatic ring is 1. The zero-order valence-corrected chi connectivity index (χ0v) is 12.1. The molecule has 0 aliphatic carbocycles. The first-order chi connectivity index (χ1) is 8.97. The molecule has 0 aromatic heterocycles. The van der Waals surface area contributed by atoms with Crippen LogP contribution in [0.1, 0.15) is 24.9 Å². The van der Waals surface area contributed by atoms with Crippen molar-refractivity contribution in [2.45, 2.75) is 31.5 Å². The molecule has 1 fully saturated rings. The molecule has 3 N–H and O–H groups in total. The second kappa shape index (κ2) is 5.90. The predicted molar refractivity (Wildman–Crippen MR) is 78.9 cm³/mol. The van der Waals surface area contributed by atoms with Crippen LogP contribution in [-0.2, 0) is 0 Å². The van der Waals surface area contributed by atoms with Gasteiger partial charge in [0, 0.05) is 30.9 Å². The van der Waals surface area contributed by atoms with Gasteiger partial charge in [-0.05, 0) is 45.1 Å². The van der Waals surface area contributed by atoms with Gasteiger partial charge < -0.3 is 15.7 Å². The summed E-state index contributed by atoms with van der Waals surface area (Å²) < 4.78 is 0. The van der Waals surface area contributed by atoms with Gasteiger partial charge in [-0.15, -0.1) is 0 Å². The van der Waals surface area contributed by atoms with Crippen LogP contribution in [-0.4, -0.2) is 54.2 Å². The number of nitrogens with two attached hydrogens (primary N) is 1. The van der Waals surface area contributed by atoms with Gasteiger partial charge in [0.2, 0.25) is 0 Å². The molecule has 4 nitrogen and oxygen atoms in total. The summed E-state index contributed by atoms with van der Waals surface area (Å²) in [6.07, 6.45) is 0.638. The Bertz CT molecular complexity index is 422. The second-order valence-corrected chi connectivity index (χ2v) is 5.85. The normalized spacial score (nSPS) is 25.9. The second-order valence-electron chi connectivity index (χ2n) is 5.85. The molecule has 2 rings (SSSR count). The summed E-state index contributed by atoms with van der Waals surface area (Å²) >= 11 is 0. The molecule has 1 aliphatic rings. The summed E-state index contributed by atoms with van der Waals surface area (Å²) in [6, 6.07) is 8.73. The average Bonchev–Trinajstić information content (AvgIpc) is 2.68. The summed E-state index contributed by atoms with van der Waals surface area (Å²) in [5.74, 6) is 0. The van der Waals surface area contributed by atoms with E-state index in [9.17, 15) is 5.11 Å². The molecule has 19 heavy (non-hydrogen) atoms. The summed E-state index contributed by atoms with van der Waals surface area (Å²) in [5.41, 5.74) is 7.88. The Kier molecular flexibility index (Phi) is 4.45. The van der Waals surface area contributed by atoms with E-state index >= 15 is 0 Å². The van der Waals surface area contributed by atoms with Crippen LogP contribution in [0.5, 0.6) is 0 Å². The van der Waals surface area contributed by atoms with Crippen LogP contribution >= 0.6 is 0 Å². The number of aliphatic hydroxyl groups is 1. The summed E-state index contributed by atoms with van der Waals surface area (Å²) in [7, 11) is 4.15. The van der Waals surface area contributed by atoms with Gasteiger partial charge in [-0.1, -0.05) is 12.1 Å². The fourth-order valence-electron chi connectivity index (χ4n) is 3.00. The number of hydrogen-bond acceptors (Lipinski definition) is 4. The zero-order valence-electron chi connectivity index (χ0n) is 12.1. The van der Waals surface area contributed by atoms with E-state index in [1.165, 1.54) is 5.56 Å². The van der Waals surface area contributed by atoms with Crippen molar-refractivity contribution in [1.82, 2.24) is 9.80 Å². The Labute approximate surface area is 115 Å². The lowest BCUT2D eigenvalue weighted by atomic mass is 10.1.